The van der Waals surface area contributed by atoms with Gasteiger partial charge in [-0.1, -0.05) is 67.6 Å². The zero-order valence-corrected chi connectivity index (χ0v) is 21.3. The lowest BCUT2D eigenvalue weighted by molar-refractivity contribution is 0.0969. The monoisotopic (exact) mass is 483 g/mol. The van der Waals surface area contributed by atoms with Crippen molar-refractivity contribution in [2.45, 2.75) is 63.5 Å². The van der Waals surface area contributed by atoms with Crippen LogP contribution in [0.4, 0.5) is 0 Å². The lowest BCUT2D eigenvalue weighted by Crippen LogP contribution is -2.41. The predicted octanol–water partition coefficient (Wildman–Crippen LogP) is 3.36. The number of thioether (sulfide) groups is 1. The van der Waals surface area contributed by atoms with Gasteiger partial charge in [0.2, 0.25) is 0 Å². The Hall–Kier alpha value is -2.91. The average Bonchev–Trinajstić information content (AvgIpc) is 3.21. The lowest BCUT2D eigenvalue weighted by Gasteiger charge is -2.28. The third kappa shape index (κ3) is 4.95. The van der Waals surface area contributed by atoms with Gasteiger partial charge in [-0.3, -0.25) is 18.7 Å². The molecule has 3 rings (SSSR count). The number of allylic oxidation sites excluding steroid dienone is 2. The number of benzene rings is 1. The molecule has 34 heavy (non-hydrogen) atoms. The van der Waals surface area contributed by atoms with Gasteiger partial charge in [-0.25, -0.2) is 9.78 Å². The van der Waals surface area contributed by atoms with Crippen molar-refractivity contribution in [1.29, 1.82) is 0 Å². The summed E-state index contributed by atoms with van der Waals surface area (Å²) in [5.41, 5.74) is 7.20. The van der Waals surface area contributed by atoms with E-state index in [1.807, 2.05) is 30.6 Å². The number of imidazole rings is 1. The first-order valence-corrected chi connectivity index (χ1v) is 12.3. The van der Waals surface area contributed by atoms with E-state index in [4.69, 9.17) is 10.7 Å². The summed E-state index contributed by atoms with van der Waals surface area (Å²) < 4.78 is 3.96. The number of nitrogens with two attached hydrogens (primary N) is 1. The summed E-state index contributed by atoms with van der Waals surface area (Å²) in [4.78, 5) is 44.2. The van der Waals surface area contributed by atoms with E-state index in [0.717, 1.165) is 23.0 Å². The van der Waals surface area contributed by atoms with Crippen molar-refractivity contribution < 1.29 is 4.79 Å². The second kappa shape index (κ2) is 10.6. The molecule has 182 valence electrons. The number of carbonyl (C=O) groups is 1. The van der Waals surface area contributed by atoms with Crippen LogP contribution in [0.1, 0.15) is 50.9 Å². The van der Waals surface area contributed by atoms with Crippen molar-refractivity contribution in [3.8, 4) is 0 Å². The molecule has 0 amide bonds. The minimum Gasteiger partial charge on any atom is -0.329 e. The Labute approximate surface area is 203 Å². The van der Waals surface area contributed by atoms with Gasteiger partial charge in [-0.2, -0.15) is 0 Å². The highest BCUT2D eigenvalue weighted by Crippen LogP contribution is 2.38. The highest BCUT2D eigenvalue weighted by Gasteiger charge is 2.30. The number of ketones is 1. The number of carbonyl (C=O) groups excluding carboxylic acids is 1. The van der Waals surface area contributed by atoms with Crippen LogP contribution in [0, 0.1) is 0 Å². The van der Waals surface area contributed by atoms with Crippen molar-refractivity contribution in [3.05, 3.63) is 68.4 Å². The predicted molar refractivity (Wildman–Crippen MR) is 138 cm³/mol. The van der Waals surface area contributed by atoms with Crippen LogP contribution in [0.2, 0.25) is 0 Å². The number of aryl methyl sites for hydroxylation is 1. The van der Waals surface area contributed by atoms with Crippen molar-refractivity contribution >= 4 is 28.7 Å². The summed E-state index contributed by atoms with van der Waals surface area (Å²) in [6.07, 6.45) is 3.69. The normalized spacial score (nSPS) is 11.7. The molecule has 0 saturated carbocycles. The summed E-state index contributed by atoms with van der Waals surface area (Å²) in [6.45, 7) is 8.70. The summed E-state index contributed by atoms with van der Waals surface area (Å²) >= 11 is 1.55. The third-order valence-corrected chi connectivity index (χ3v) is 7.92. The second-order valence-electron chi connectivity index (χ2n) is 8.68. The number of nitrogens with zero attached hydrogens (tertiary/aromatic N) is 4. The Balaban J connectivity index is 2.24. The maximum Gasteiger partial charge on any atom is 0.332 e. The summed E-state index contributed by atoms with van der Waals surface area (Å²) in [6, 6.07) is 8.65. The van der Waals surface area contributed by atoms with Crippen LogP contribution in [0.3, 0.4) is 0 Å². The zero-order valence-electron chi connectivity index (χ0n) is 20.5. The van der Waals surface area contributed by atoms with Gasteiger partial charge in [0.05, 0.1) is 6.54 Å². The Morgan fingerprint density at radius 2 is 1.76 bits per heavy atom. The molecule has 9 heteroatoms. The van der Waals surface area contributed by atoms with Crippen molar-refractivity contribution in [2.75, 3.05) is 6.54 Å². The molecule has 3 aromatic rings. The van der Waals surface area contributed by atoms with Gasteiger partial charge in [0.25, 0.3) is 5.56 Å². The minimum absolute atomic E-state index is 0.231. The number of fused-ring (bicyclic) bond motifs is 1. The second-order valence-corrected chi connectivity index (χ2v) is 10.1. The van der Waals surface area contributed by atoms with Crippen molar-refractivity contribution in [1.82, 2.24) is 18.7 Å². The molecular weight excluding hydrogens is 450 g/mol. The molecule has 0 bridgehead atoms. The number of aromatic nitrogens is 4. The molecule has 0 spiro atoms. The fourth-order valence-electron chi connectivity index (χ4n) is 3.79. The molecule has 2 heterocycles. The van der Waals surface area contributed by atoms with E-state index < -0.39 is 11.2 Å². The van der Waals surface area contributed by atoms with Crippen LogP contribution in [0.15, 0.2) is 56.7 Å². The van der Waals surface area contributed by atoms with Gasteiger partial charge in [-0.05, 0) is 26.7 Å². The molecule has 0 radical (unpaired) electrons. The van der Waals surface area contributed by atoms with E-state index in [-0.39, 0.29) is 17.1 Å². The molecule has 0 aliphatic carbocycles. The van der Waals surface area contributed by atoms with Gasteiger partial charge < -0.3 is 10.3 Å². The van der Waals surface area contributed by atoms with Crippen LogP contribution in [-0.2, 0) is 20.1 Å². The Morgan fingerprint density at radius 1 is 1.12 bits per heavy atom. The topological polar surface area (TPSA) is 105 Å². The summed E-state index contributed by atoms with van der Waals surface area (Å²) in [7, 11) is 1.58. The largest absolute Gasteiger partial charge is 0.332 e. The molecule has 2 N–H and O–H groups in total. The van der Waals surface area contributed by atoms with Crippen LogP contribution >= 0.6 is 11.8 Å². The molecule has 1 aromatic carbocycles. The molecular formula is C25H33N5O3S. The Morgan fingerprint density at radius 3 is 2.32 bits per heavy atom. The number of rotatable bonds is 10. The van der Waals surface area contributed by atoms with E-state index in [0.29, 0.717) is 35.0 Å². The number of hydrogen-bond acceptors (Lipinski definition) is 6. The van der Waals surface area contributed by atoms with Gasteiger partial charge in [0.15, 0.2) is 22.1 Å². The van der Waals surface area contributed by atoms with E-state index >= 15 is 0 Å². The van der Waals surface area contributed by atoms with Crippen LogP contribution in [-0.4, -0.2) is 35.8 Å². The minimum atomic E-state index is -0.568. The fraction of sp³-hybridized carbons (Fsp3) is 0.440. The maximum atomic E-state index is 13.6. The van der Waals surface area contributed by atoms with Crippen LogP contribution in [0.25, 0.3) is 11.2 Å². The first kappa shape index (κ1) is 25.7. The molecule has 0 aliphatic heterocycles. The molecule has 0 fully saturated rings. The summed E-state index contributed by atoms with van der Waals surface area (Å²) in [5.74, 6) is -0.303. The highest BCUT2D eigenvalue weighted by molar-refractivity contribution is 8.00. The van der Waals surface area contributed by atoms with Gasteiger partial charge in [-0.15, -0.1) is 0 Å². The first-order chi connectivity index (χ1) is 16.2. The molecule has 0 unspecified atom stereocenters. The zero-order chi connectivity index (χ0) is 25.0. The quantitative estimate of drug-likeness (QED) is 0.269. The molecule has 8 nitrogen and oxygen atoms in total. The molecule has 0 aliphatic rings. The van der Waals surface area contributed by atoms with E-state index in [2.05, 4.69) is 13.8 Å². The number of hydrogen-bond donors (Lipinski definition) is 1. The Kier molecular flexibility index (Phi) is 7.99. The lowest BCUT2D eigenvalue weighted by atomic mass is 10.0. The standard InChI is InChI=1S/C25H33N5O3S/c1-6-25(7-2,16-26)34-23-27-21-20(29(23)14-13-17(3)4)22(32)30(24(33)28(21)5)15-19(31)18-11-9-8-10-12-18/h8-13H,6-7,14-16,26H2,1-5H3. The molecule has 2 aromatic heterocycles. The molecule has 0 atom stereocenters. The maximum absolute atomic E-state index is 13.6. The summed E-state index contributed by atoms with van der Waals surface area (Å²) in [5, 5.41) is 0.640. The van der Waals surface area contributed by atoms with Gasteiger partial charge in [0, 0.05) is 30.4 Å². The van der Waals surface area contributed by atoms with E-state index in [1.165, 1.54) is 4.57 Å². The van der Waals surface area contributed by atoms with Gasteiger partial charge >= 0.3 is 5.69 Å². The van der Waals surface area contributed by atoms with Crippen molar-refractivity contribution in [3.63, 3.8) is 0 Å². The third-order valence-electron chi connectivity index (χ3n) is 6.25. The first-order valence-electron chi connectivity index (χ1n) is 11.5. The highest BCUT2D eigenvalue weighted by atomic mass is 32.2. The average molecular weight is 484 g/mol. The van der Waals surface area contributed by atoms with Gasteiger partial charge in [0.1, 0.15) is 0 Å². The van der Waals surface area contributed by atoms with Crippen LogP contribution in [0.5, 0.6) is 0 Å². The Bertz CT molecular complexity index is 1320. The smallest absolute Gasteiger partial charge is 0.329 e. The molecule has 0 saturated heterocycles. The van der Waals surface area contributed by atoms with Crippen molar-refractivity contribution in [2.24, 2.45) is 12.8 Å². The SMILES string of the molecule is CCC(CC)(CN)Sc1nc2c(c(=O)n(CC(=O)c3ccccc3)c(=O)n2C)n1CC=C(C)C. The van der Waals surface area contributed by atoms with Crippen LogP contribution < -0.4 is 17.0 Å². The number of Topliss-reactive ketones (excluding diaryl/α,β-unsaturated/α-hetero) is 1. The van der Waals surface area contributed by atoms with E-state index in [9.17, 15) is 14.4 Å². The van der Waals surface area contributed by atoms with E-state index in [1.54, 1.807) is 43.1 Å². The fourth-order valence-corrected chi connectivity index (χ4v) is 4.96.